The number of methoxy groups -OCH3 is 1. The summed E-state index contributed by atoms with van der Waals surface area (Å²) in [6, 6.07) is 6.00. The Morgan fingerprint density at radius 1 is 1.45 bits per heavy atom. The van der Waals surface area contributed by atoms with Gasteiger partial charge in [0.25, 0.3) is 0 Å². The maximum Gasteiger partial charge on any atom is 0.119 e. The Bertz CT molecular complexity index is 245. The smallest absolute Gasteiger partial charge is 0.119 e. The van der Waals surface area contributed by atoms with Gasteiger partial charge in [-0.3, -0.25) is 0 Å². The van der Waals surface area contributed by atoms with Crippen LogP contribution in [0.1, 0.15) is 12.5 Å². The van der Waals surface area contributed by atoms with Gasteiger partial charge in [-0.05, 0) is 24.1 Å². The van der Waals surface area contributed by atoms with Crippen molar-refractivity contribution in [3.05, 3.63) is 23.8 Å². The van der Waals surface area contributed by atoms with Gasteiger partial charge < -0.3 is 4.74 Å². The highest BCUT2D eigenvalue weighted by atomic mass is 28.1. The van der Waals surface area contributed by atoms with Crippen LogP contribution in [0.25, 0.3) is 0 Å². The lowest BCUT2D eigenvalue weighted by Crippen LogP contribution is -2.08. The van der Waals surface area contributed by atoms with Crippen molar-refractivity contribution in [1.82, 2.24) is 0 Å². The largest absolute Gasteiger partial charge is 0.497 e. The first-order chi connectivity index (χ1) is 5.27. The van der Waals surface area contributed by atoms with Crippen molar-refractivity contribution >= 4 is 15.4 Å². The molecule has 11 heavy (non-hydrogen) atoms. The maximum absolute atomic E-state index is 5.09. The lowest BCUT2D eigenvalue weighted by Gasteiger charge is -2.05. The van der Waals surface area contributed by atoms with Gasteiger partial charge in [0, 0.05) is 0 Å². The summed E-state index contributed by atoms with van der Waals surface area (Å²) in [6.45, 7) is 2.12. The molecule has 1 rings (SSSR count). The fourth-order valence-electron chi connectivity index (χ4n) is 0.990. The van der Waals surface area contributed by atoms with Crippen molar-refractivity contribution in [2.45, 2.75) is 13.3 Å². The van der Waals surface area contributed by atoms with Gasteiger partial charge >= 0.3 is 0 Å². The minimum absolute atomic E-state index is 0.920. The van der Waals surface area contributed by atoms with E-state index in [1.807, 2.05) is 18.2 Å². The third-order valence-electron chi connectivity index (χ3n) is 1.69. The third-order valence-corrected chi connectivity index (χ3v) is 2.18. The van der Waals surface area contributed by atoms with Crippen molar-refractivity contribution in [2.75, 3.05) is 7.11 Å². The van der Waals surface area contributed by atoms with Crippen LogP contribution < -0.4 is 9.92 Å². The molecule has 0 fully saturated rings. The molecule has 0 amide bonds. The first-order valence-electron chi connectivity index (χ1n) is 3.66. The molecule has 0 N–H and O–H groups in total. The second-order valence-electron chi connectivity index (χ2n) is 2.38. The lowest BCUT2D eigenvalue weighted by molar-refractivity contribution is 0.414. The van der Waals surface area contributed by atoms with Gasteiger partial charge in [0.2, 0.25) is 0 Å². The van der Waals surface area contributed by atoms with Crippen LogP contribution in [0.2, 0.25) is 0 Å². The molecule has 0 aromatic heterocycles. The van der Waals surface area contributed by atoms with Crippen LogP contribution in [-0.2, 0) is 6.42 Å². The minimum Gasteiger partial charge on any atom is -0.497 e. The van der Waals surface area contributed by atoms with Gasteiger partial charge in [-0.25, -0.2) is 0 Å². The predicted octanol–water partition coefficient (Wildman–Crippen LogP) is 1.05. The summed E-state index contributed by atoms with van der Waals surface area (Å²) in [5.74, 6) is 0.920. The highest BCUT2D eigenvalue weighted by Gasteiger charge is 1.96. The third kappa shape index (κ3) is 1.83. The van der Waals surface area contributed by atoms with Gasteiger partial charge in [-0.2, -0.15) is 0 Å². The van der Waals surface area contributed by atoms with E-state index in [1.54, 1.807) is 7.11 Å². The van der Waals surface area contributed by atoms with Gasteiger partial charge in [0.1, 0.15) is 5.75 Å². The zero-order valence-corrected chi connectivity index (χ0v) is 7.85. The predicted molar refractivity (Wildman–Crippen MR) is 47.8 cm³/mol. The van der Waals surface area contributed by atoms with E-state index in [0.29, 0.717) is 0 Å². The zero-order chi connectivity index (χ0) is 8.27. The molecule has 0 saturated carbocycles. The van der Waals surface area contributed by atoms with Crippen molar-refractivity contribution in [1.29, 1.82) is 0 Å². The number of benzene rings is 1. The van der Waals surface area contributed by atoms with Gasteiger partial charge in [-0.1, -0.05) is 18.2 Å². The normalized spacial score (nSPS) is 9.73. The summed E-state index contributed by atoms with van der Waals surface area (Å²) >= 11 is 0. The number of ether oxygens (including phenoxy) is 1. The first-order valence-corrected chi connectivity index (χ1v) is 4.16. The molecule has 1 aromatic rings. The summed E-state index contributed by atoms with van der Waals surface area (Å²) in [5.41, 5.74) is 1.28. The molecule has 0 heterocycles. The zero-order valence-electron chi connectivity index (χ0n) is 6.85. The van der Waals surface area contributed by atoms with Crippen molar-refractivity contribution in [3.8, 4) is 5.75 Å². The molecule has 0 atom stereocenters. The number of aryl methyl sites for hydroxylation is 1. The number of hydrogen-bond donors (Lipinski definition) is 0. The molecule has 0 saturated heterocycles. The average molecular weight is 163 g/mol. The molecule has 0 aliphatic carbocycles. The van der Waals surface area contributed by atoms with Crippen LogP contribution >= 0.6 is 0 Å². The molecule has 2 heteroatoms. The van der Waals surface area contributed by atoms with Gasteiger partial charge in [0.15, 0.2) is 0 Å². The molecule has 0 bridgehead atoms. The summed E-state index contributed by atoms with van der Waals surface area (Å²) < 4.78 is 5.09. The van der Waals surface area contributed by atoms with E-state index >= 15 is 0 Å². The molecule has 1 aromatic carbocycles. The highest BCUT2D eigenvalue weighted by Crippen LogP contribution is 2.10. The SMILES string of the molecule is CCc1cc(OC)ccc1[Si]. The molecule has 57 valence electrons. The Morgan fingerprint density at radius 2 is 2.18 bits per heavy atom. The topological polar surface area (TPSA) is 9.23 Å². The van der Waals surface area contributed by atoms with Crippen molar-refractivity contribution < 1.29 is 4.74 Å². The molecule has 0 unspecified atom stereocenters. The maximum atomic E-state index is 5.09. The Hall–Kier alpha value is -0.763. The van der Waals surface area contributed by atoms with Crippen LogP contribution in [0.5, 0.6) is 5.75 Å². The second kappa shape index (κ2) is 3.58. The van der Waals surface area contributed by atoms with Crippen molar-refractivity contribution in [3.63, 3.8) is 0 Å². The highest BCUT2D eigenvalue weighted by molar-refractivity contribution is 6.33. The summed E-state index contributed by atoms with van der Waals surface area (Å²) in [5, 5.41) is 1.15. The molecule has 0 aliphatic heterocycles. The fourth-order valence-corrected chi connectivity index (χ4v) is 1.32. The van der Waals surface area contributed by atoms with E-state index in [-0.39, 0.29) is 0 Å². The molecular weight excluding hydrogens is 152 g/mol. The van der Waals surface area contributed by atoms with E-state index in [4.69, 9.17) is 4.74 Å². The van der Waals surface area contributed by atoms with E-state index in [1.165, 1.54) is 5.56 Å². The van der Waals surface area contributed by atoms with E-state index in [0.717, 1.165) is 17.4 Å². The lowest BCUT2D eigenvalue weighted by atomic mass is 10.1. The number of rotatable bonds is 2. The van der Waals surface area contributed by atoms with Crippen LogP contribution in [-0.4, -0.2) is 17.4 Å². The Kier molecular flexibility index (Phi) is 2.71. The molecule has 3 radical (unpaired) electrons. The van der Waals surface area contributed by atoms with E-state index in [9.17, 15) is 0 Å². The van der Waals surface area contributed by atoms with E-state index in [2.05, 4.69) is 17.2 Å². The summed E-state index contributed by atoms with van der Waals surface area (Å²) in [6.07, 6.45) is 1.02. The Labute approximate surface area is 70.8 Å². The molecular formula is C9H11OSi. The summed E-state index contributed by atoms with van der Waals surface area (Å²) in [7, 11) is 5.20. The van der Waals surface area contributed by atoms with Crippen molar-refractivity contribution in [2.24, 2.45) is 0 Å². The minimum atomic E-state index is 0.920. The Morgan fingerprint density at radius 3 is 2.73 bits per heavy atom. The van der Waals surface area contributed by atoms with Crippen LogP contribution in [0, 0.1) is 0 Å². The fraction of sp³-hybridized carbons (Fsp3) is 0.333. The average Bonchev–Trinajstić information content (AvgIpc) is 2.05. The number of hydrogen-bond acceptors (Lipinski definition) is 1. The molecule has 0 spiro atoms. The first kappa shape index (κ1) is 8.33. The van der Waals surface area contributed by atoms with Gasteiger partial charge in [0.05, 0.1) is 17.4 Å². The van der Waals surface area contributed by atoms with Gasteiger partial charge in [-0.15, -0.1) is 0 Å². The summed E-state index contributed by atoms with van der Waals surface area (Å²) in [4.78, 5) is 0. The standard InChI is InChI=1S/C9H11OSi/c1-3-7-6-8(10-2)4-5-9(7)11/h4-6H,3H2,1-2H3. The van der Waals surface area contributed by atoms with E-state index < -0.39 is 0 Å². The second-order valence-corrected chi connectivity index (χ2v) is 2.92. The van der Waals surface area contributed by atoms with Crippen LogP contribution in [0.15, 0.2) is 18.2 Å². The quantitative estimate of drug-likeness (QED) is 0.592. The van der Waals surface area contributed by atoms with Crippen LogP contribution in [0.3, 0.4) is 0 Å². The molecule has 1 nitrogen and oxygen atoms in total. The van der Waals surface area contributed by atoms with Crippen LogP contribution in [0.4, 0.5) is 0 Å². The molecule has 0 aliphatic rings. The Balaban J connectivity index is 3.02. The monoisotopic (exact) mass is 163 g/mol.